The number of sulfonamides is 1. The van der Waals surface area contributed by atoms with Gasteiger partial charge in [0.1, 0.15) is 5.69 Å². The topological polar surface area (TPSA) is 107 Å². The lowest BCUT2D eigenvalue weighted by Gasteiger charge is -2.04. The summed E-state index contributed by atoms with van der Waals surface area (Å²) < 4.78 is 24.2. The van der Waals surface area contributed by atoms with Gasteiger partial charge < -0.3 is 5.32 Å². The number of aryl methyl sites for hydroxylation is 1. The maximum atomic E-state index is 12.1. The average Bonchev–Trinajstić information content (AvgIpc) is 3.01. The number of rotatable bonds is 3. The molecule has 9 heteroatoms. The number of carbonyl (C=O) groups excluding carboxylic acids is 1. The van der Waals surface area contributed by atoms with E-state index < -0.39 is 10.0 Å². The van der Waals surface area contributed by atoms with Gasteiger partial charge in [0.15, 0.2) is 4.96 Å². The number of thiazole rings is 1. The third kappa shape index (κ3) is 2.73. The van der Waals surface area contributed by atoms with Gasteiger partial charge in [-0.15, -0.1) is 11.3 Å². The van der Waals surface area contributed by atoms with Crippen molar-refractivity contribution in [2.75, 3.05) is 5.32 Å². The zero-order valence-electron chi connectivity index (χ0n) is 11.5. The van der Waals surface area contributed by atoms with E-state index in [1.165, 1.54) is 35.6 Å². The number of amides is 1. The van der Waals surface area contributed by atoms with Crippen LogP contribution in [-0.2, 0) is 10.0 Å². The first-order chi connectivity index (χ1) is 10.3. The summed E-state index contributed by atoms with van der Waals surface area (Å²) in [6, 6.07) is 5.62. The zero-order chi connectivity index (χ0) is 15.9. The standard InChI is InChI=1S/C13H12N4O3S2/c1-8-7-21-13-16-11(6-17(8)13)12(18)15-9-2-4-10(5-3-9)22(14,19)20/h2-7H,1H3,(H,15,18)(H2,14,19,20). The molecule has 2 aromatic heterocycles. The van der Waals surface area contributed by atoms with E-state index in [4.69, 9.17) is 5.14 Å². The number of nitrogens with one attached hydrogen (secondary N) is 1. The van der Waals surface area contributed by atoms with Gasteiger partial charge in [-0.3, -0.25) is 9.20 Å². The Morgan fingerprint density at radius 2 is 2.00 bits per heavy atom. The van der Waals surface area contributed by atoms with Crippen molar-refractivity contribution < 1.29 is 13.2 Å². The second-order valence-electron chi connectivity index (χ2n) is 4.68. The maximum Gasteiger partial charge on any atom is 0.275 e. The molecular formula is C13H12N4O3S2. The van der Waals surface area contributed by atoms with Crippen LogP contribution in [0.4, 0.5) is 5.69 Å². The summed E-state index contributed by atoms with van der Waals surface area (Å²) in [4.78, 5) is 17.1. The van der Waals surface area contributed by atoms with Gasteiger partial charge in [0, 0.05) is 23.0 Å². The predicted molar refractivity (Wildman–Crippen MR) is 83.6 cm³/mol. The number of anilines is 1. The Bertz CT molecular complexity index is 955. The first-order valence-corrected chi connectivity index (χ1v) is 8.64. The number of hydrogen-bond donors (Lipinski definition) is 2. The van der Waals surface area contributed by atoms with Gasteiger partial charge in [-0.1, -0.05) is 0 Å². The van der Waals surface area contributed by atoms with Crippen molar-refractivity contribution in [3.8, 4) is 0 Å². The minimum atomic E-state index is -3.74. The van der Waals surface area contributed by atoms with E-state index in [1.807, 2.05) is 16.7 Å². The molecule has 2 heterocycles. The quantitative estimate of drug-likeness (QED) is 0.757. The molecule has 1 amide bonds. The fourth-order valence-electron chi connectivity index (χ4n) is 1.93. The average molecular weight is 336 g/mol. The van der Waals surface area contributed by atoms with Crippen molar-refractivity contribution >= 4 is 37.9 Å². The fraction of sp³-hybridized carbons (Fsp3) is 0.0769. The SMILES string of the molecule is Cc1csc2nc(C(=O)Nc3ccc(S(N)(=O)=O)cc3)cn12. The highest BCUT2D eigenvalue weighted by Gasteiger charge is 2.13. The Labute approximate surface area is 130 Å². The van der Waals surface area contributed by atoms with Crippen LogP contribution in [0.15, 0.2) is 40.7 Å². The first-order valence-electron chi connectivity index (χ1n) is 6.22. The molecule has 0 unspecified atom stereocenters. The summed E-state index contributed by atoms with van der Waals surface area (Å²) in [6.45, 7) is 1.93. The highest BCUT2D eigenvalue weighted by molar-refractivity contribution is 7.89. The molecule has 3 rings (SSSR count). The highest BCUT2D eigenvalue weighted by Crippen LogP contribution is 2.17. The largest absolute Gasteiger partial charge is 0.321 e. The Morgan fingerprint density at radius 1 is 1.32 bits per heavy atom. The second kappa shape index (κ2) is 5.20. The summed E-state index contributed by atoms with van der Waals surface area (Å²) in [5.74, 6) is -0.362. The van der Waals surface area contributed by atoms with Gasteiger partial charge in [-0.05, 0) is 31.2 Å². The van der Waals surface area contributed by atoms with Gasteiger partial charge in [-0.2, -0.15) is 0 Å². The molecule has 3 N–H and O–H groups in total. The molecule has 0 aliphatic carbocycles. The van der Waals surface area contributed by atoms with Crippen LogP contribution < -0.4 is 10.5 Å². The van der Waals surface area contributed by atoms with Crippen LogP contribution in [0.3, 0.4) is 0 Å². The number of benzene rings is 1. The van der Waals surface area contributed by atoms with Gasteiger partial charge >= 0.3 is 0 Å². The Morgan fingerprint density at radius 3 is 2.59 bits per heavy atom. The lowest BCUT2D eigenvalue weighted by atomic mass is 10.3. The van der Waals surface area contributed by atoms with E-state index in [1.54, 1.807) is 6.20 Å². The Kier molecular flexibility index (Phi) is 3.47. The van der Waals surface area contributed by atoms with Crippen molar-refractivity contribution in [1.82, 2.24) is 9.38 Å². The molecule has 0 spiro atoms. The summed E-state index contributed by atoms with van der Waals surface area (Å²) in [5.41, 5.74) is 1.76. The van der Waals surface area contributed by atoms with Crippen molar-refractivity contribution in [3.63, 3.8) is 0 Å². The Hall–Kier alpha value is -2.23. The van der Waals surface area contributed by atoms with Crippen LogP contribution in [0.25, 0.3) is 4.96 Å². The van der Waals surface area contributed by atoms with Crippen LogP contribution in [-0.4, -0.2) is 23.7 Å². The molecule has 0 fully saturated rings. The Balaban J connectivity index is 1.81. The van der Waals surface area contributed by atoms with E-state index in [0.29, 0.717) is 11.4 Å². The summed E-state index contributed by atoms with van der Waals surface area (Å²) in [7, 11) is -3.74. The molecule has 1 aromatic carbocycles. The van der Waals surface area contributed by atoms with Crippen molar-refractivity contribution in [2.45, 2.75) is 11.8 Å². The molecule has 0 aliphatic rings. The number of imidazole rings is 1. The van der Waals surface area contributed by atoms with Gasteiger partial charge in [0.05, 0.1) is 4.90 Å². The van der Waals surface area contributed by atoms with Gasteiger partial charge in [0.2, 0.25) is 10.0 Å². The van der Waals surface area contributed by atoms with E-state index in [2.05, 4.69) is 10.3 Å². The molecule has 7 nitrogen and oxygen atoms in total. The third-order valence-electron chi connectivity index (χ3n) is 3.06. The number of nitrogens with two attached hydrogens (primary N) is 1. The summed E-state index contributed by atoms with van der Waals surface area (Å²) >= 11 is 1.45. The van der Waals surface area contributed by atoms with Crippen LogP contribution in [0.1, 0.15) is 16.2 Å². The molecule has 3 aromatic rings. The maximum absolute atomic E-state index is 12.1. The minimum absolute atomic E-state index is 0.0105. The first kappa shape index (κ1) is 14.7. The lowest BCUT2D eigenvalue weighted by molar-refractivity contribution is 0.102. The third-order valence-corrected chi connectivity index (χ3v) is 4.95. The van der Waals surface area contributed by atoms with E-state index in [9.17, 15) is 13.2 Å². The highest BCUT2D eigenvalue weighted by atomic mass is 32.2. The van der Waals surface area contributed by atoms with Crippen molar-refractivity contribution in [1.29, 1.82) is 0 Å². The number of hydrogen-bond acceptors (Lipinski definition) is 5. The van der Waals surface area contributed by atoms with E-state index >= 15 is 0 Å². The monoisotopic (exact) mass is 336 g/mol. The molecule has 114 valence electrons. The molecule has 22 heavy (non-hydrogen) atoms. The predicted octanol–water partition coefficient (Wildman–Crippen LogP) is 1.60. The van der Waals surface area contributed by atoms with Crippen molar-refractivity contribution in [2.24, 2.45) is 5.14 Å². The molecule has 0 saturated heterocycles. The number of primary sulfonamides is 1. The van der Waals surface area contributed by atoms with Gasteiger partial charge in [-0.25, -0.2) is 18.5 Å². The van der Waals surface area contributed by atoms with Gasteiger partial charge in [0.25, 0.3) is 5.91 Å². The van der Waals surface area contributed by atoms with Crippen LogP contribution >= 0.6 is 11.3 Å². The molecular weight excluding hydrogens is 324 g/mol. The second-order valence-corrected chi connectivity index (χ2v) is 7.08. The number of aromatic nitrogens is 2. The number of carbonyl (C=O) groups is 1. The molecule has 0 atom stereocenters. The van der Waals surface area contributed by atoms with Crippen molar-refractivity contribution in [3.05, 3.63) is 47.2 Å². The molecule has 0 bridgehead atoms. The smallest absolute Gasteiger partial charge is 0.275 e. The molecule has 0 aliphatic heterocycles. The van der Waals surface area contributed by atoms with E-state index in [0.717, 1.165) is 10.7 Å². The fourth-order valence-corrected chi connectivity index (χ4v) is 3.29. The number of nitrogens with zero attached hydrogens (tertiary/aromatic N) is 2. The minimum Gasteiger partial charge on any atom is -0.321 e. The van der Waals surface area contributed by atoms with Crippen LogP contribution in [0, 0.1) is 6.92 Å². The van der Waals surface area contributed by atoms with E-state index in [-0.39, 0.29) is 10.8 Å². The number of fused-ring (bicyclic) bond motifs is 1. The summed E-state index contributed by atoms with van der Waals surface area (Å²) in [5, 5.41) is 9.63. The zero-order valence-corrected chi connectivity index (χ0v) is 13.1. The summed E-state index contributed by atoms with van der Waals surface area (Å²) in [6.07, 6.45) is 1.66. The normalized spacial score (nSPS) is 11.7. The van der Waals surface area contributed by atoms with Crippen LogP contribution in [0.5, 0.6) is 0 Å². The molecule has 0 saturated carbocycles. The van der Waals surface area contributed by atoms with Crippen LogP contribution in [0.2, 0.25) is 0 Å². The lowest BCUT2D eigenvalue weighted by Crippen LogP contribution is -2.14. The molecule has 0 radical (unpaired) electrons.